The molecule has 4 aromatic rings. The van der Waals surface area contributed by atoms with Gasteiger partial charge in [-0.25, -0.2) is 8.42 Å². The molecule has 12 heteroatoms. The molecule has 0 radical (unpaired) electrons. The van der Waals surface area contributed by atoms with E-state index in [9.17, 15) is 18.0 Å². The van der Waals surface area contributed by atoms with Gasteiger partial charge in [0.15, 0.2) is 0 Å². The molecule has 0 saturated carbocycles. The van der Waals surface area contributed by atoms with E-state index in [4.69, 9.17) is 46.4 Å². The highest BCUT2D eigenvalue weighted by atomic mass is 35.5. The Morgan fingerprint density at radius 2 is 1.37 bits per heavy atom. The summed E-state index contributed by atoms with van der Waals surface area (Å²) in [4.78, 5) is 28.9. The van der Waals surface area contributed by atoms with E-state index in [1.165, 1.54) is 42.3 Å². The quantitative estimate of drug-likeness (QED) is 0.187. The second kappa shape index (κ2) is 14.5. The molecule has 1 unspecified atom stereocenters. The summed E-state index contributed by atoms with van der Waals surface area (Å²) in [6, 6.07) is 25.0. The van der Waals surface area contributed by atoms with Gasteiger partial charge in [0, 0.05) is 30.1 Å². The van der Waals surface area contributed by atoms with Gasteiger partial charge in [0.25, 0.3) is 10.0 Å². The minimum absolute atomic E-state index is 0.0398. The number of anilines is 1. The number of amides is 2. The van der Waals surface area contributed by atoms with Crippen molar-refractivity contribution < 1.29 is 18.0 Å². The Balaban J connectivity index is 1.81. The van der Waals surface area contributed by atoms with E-state index in [0.717, 1.165) is 9.87 Å². The Morgan fingerprint density at radius 1 is 0.767 bits per heavy atom. The number of hydrogen-bond donors (Lipinski definition) is 1. The van der Waals surface area contributed by atoms with Crippen molar-refractivity contribution in [2.45, 2.75) is 23.9 Å². The van der Waals surface area contributed by atoms with Crippen LogP contribution in [0.5, 0.6) is 0 Å². The number of benzene rings is 4. The van der Waals surface area contributed by atoms with Crippen LogP contribution in [0.4, 0.5) is 5.69 Å². The van der Waals surface area contributed by atoms with Gasteiger partial charge < -0.3 is 10.2 Å². The van der Waals surface area contributed by atoms with E-state index < -0.39 is 34.4 Å². The standard InChI is InChI=1S/C31H27Cl4N3O4S/c1-36-31(40)29(15-21-8-4-2-5-9-21)37(19-22-12-13-27(34)28(35)14-22)30(39)20-38(25-17-23(32)16-24(33)18-25)43(41,42)26-10-6-3-7-11-26/h2-14,16-18,29H,15,19-20H2,1H3,(H,36,40). The van der Waals surface area contributed by atoms with E-state index >= 15 is 0 Å². The molecular weight excluding hydrogens is 652 g/mol. The summed E-state index contributed by atoms with van der Waals surface area (Å²) in [6.07, 6.45) is 0.169. The van der Waals surface area contributed by atoms with E-state index in [-0.39, 0.29) is 38.6 Å². The van der Waals surface area contributed by atoms with Crippen molar-refractivity contribution in [2.24, 2.45) is 0 Å². The number of sulfonamides is 1. The van der Waals surface area contributed by atoms with Gasteiger partial charge in [-0.05, 0) is 53.6 Å². The Kier molecular flexibility index (Phi) is 11.0. The van der Waals surface area contributed by atoms with Gasteiger partial charge in [0.2, 0.25) is 11.8 Å². The van der Waals surface area contributed by atoms with Crippen LogP contribution in [0.3, 0.4) is 0 Å². The molecule has 0 fully saturated rings. The molecule has 0 bridgehead atoms. The minimum Gasteiger partial charge on any atom is -0.357 e. The number of carbonyl (C=O) groups is 2. The Bertz CT molecular complexity index is 1690. The SMILES string of the molecule is CNC(=O)C(Cc1ccccc1)N(Cc1ccc(Cl)c(Cl)c1)C(=O)CN(c1cc(Cl)cc(Cl)c1)S(=O)(=O)c1ccccc1. The number of nitrogens with one attached hydrogen (secondary N) is 1. The number of hydrogen-bond acceptors (Lipinski definition) is 4. The third kappa shape index (κ3) is 8.22. The van der Waals surface area contributed by atoms with E-state index in [0.29, 0.717) is 10.6 Å². The Labute approximate surface area is 271 Å². The Morgan fingerprint density at radius 3 is 1.95 bits per heavy atom. The molecule has 7 nitrogen and oxygen atoms in total. The van der Waals surface area contributed by atoms with E-state index in [1.807, 2.05) is 30.3 Å². The first-order chi connectivity index (χ1) is 20.5. The zero-order valence-corrected chi connectivity index (χ0v) is 26.7. The van der Waals surface area contributed by atoms with E-state index in [2.05, 4.69) is 5.32 Å². The zero-order valence-electron chi connectivity index (χ0n) is 22.9. The highest BCUT2D eigenvalue weighted by molar-refractivity contribution is 7.92. The summed E-state index contributed by atoms with van der Waals surface area (Å²) in [7, 11) is -2.81. The van der Waals surface area contributed by atoms with Gasteiger partial charge in [-0.3, -0.25) is 13.9 Å². The molecule has 0 aliphatic heterocycles. The maximum Gasteiger partial charge on any atom is 0.264 e. The first-order valence-corrected chi connectivity index (χ1v) is 16.0. The lowest BCUT2D eigenvalue weighted by atomic mass is 10.0. The predicted molar refractivity (Wildman–Crippen MR) is 172 cm³/mol. The molecule has 2 amide bonds. The summed E-state index contributed by atoms with van der Waals surface area (Å²) in [6.45, 7) is -0.715. The second-order valence-electron chi connectivity index (χ2n) is 9.54. The number of rotatable bonds is 11. The number of halogens is 4. The summed E-state index contributed by atoms with van der Waals surface area (Å²) >= 11 is 24.9. The topological polar surface area (TPSA) is 86.8 Å². The van der Waals surface area contributed by atoms with Crippen molar-refractivity contribution >= 4 is 73.9 Å². The van der Waals surface area contributed by atoms with Gasteiger partial charge in [0.1, 0.15) is 12.6 Å². The molecule has 0 aliphatic rings. The van der Waals surface area contributed by atoms with Crippen LogP contribution >= 0.6 is 46.4 Å². The highest BCUT2D eigenvalue weighted by Gasteiger charge is 2.34. The van der Waals surface area contributed by atoms with Crippen molar-refractivity contribution in [1.29, 1.82) is 0 Å². The first-order valence-electron chi connectivity index (χ1n) is 13.0. The second-order valence-corrected chi connectivity index (χ2v) is 13.1. The molecule has 4 rings (SSSR count). The monoisotopic (exact) mass is 677 g/mol. The average Bonchev–Trinajstić information content (AvgIpc) is 2.99. The molecule has 0 spiro atoms. The molecule has 43 heavy (non-hydrogen) atoms. The van der Waals surface area contributed by atoms with E-state index in [1.54, 1.807) is 36.4 Å². The van der Waals surface area contributed by atoms with Crippen molar-refractivity contribution in [3.05, 3.63) is 128 Å². The van der Waals surface area contributed by atoms with Gasteiger partial charge in [-0.1, -0.05) is 101 Å². The van der Waals surface area contributed by atoms with Crippen LogP contribution in [0.15, 0.2) is 102 Å². The van der Waals surface area contributed by atoms with Crippen molar-refractivity contribution in [3.63, 3.8) is 0 Å². The van der Waals surface area contributed by atoms with Crippen LogP contribution in [0.1, 0.15) is 11.1 Å². The van der Waals surface area contributed by atoms with Crippen LogP contribution in [0, 0.1) is 0 Å². The van der Waals surface area contributed by atoms with Gasteiger partial charge in [-0.15, -0.1) is 0 Å². The maximum absolute atomic E-state index is 14.3. The van der Waals surface area contributed by atoms with Crippen LogP contribution in [-0.4, -0.2) is 44.8 Å². The first kappa shape index (κ1) is 32.6. The lowest BCUT2D eigenvalue weighted by molar-refractivity contribution is -0.139. The molecule has 1 N–H and O–H groups in total. The number of likely N-dealkylation sites (N-methyl/N-ethyl adjacent to an activating group) is 1. The third-order valence-corrected chi connectivity index (χ3v) is 9.56. The molecule has 0 aromatic heterocycles. The summed E-state index contributed by atoms with van der Waals surface area (Å²) < 4.78 is 28.9. The molecule has 1 atom stereocenters. The fourth-order valence-electron chi connectivity index (χ4n) is 4.49. The molecule has 224 valence electrons. The van der Waals surface area contributed by atoms with Crippen LogP contribution in [-0.2, 0) is 32.6 Å². The predicted octanol–water partition coefficient (Wildman–Crippen LogP) is 6.88. The number of carbonyl (C=O) groups excluding carboxylic acids is 2. The molecule has 0 heterocycles. The minimum atomic E-state index is -4.28. The van der Waals surface area contributed by atoms with Crippen molar-refractivity contribution in [3.8, 4) is 0 Å². The van der Waals surface area contributed by atoms with Crippen LogP contribution in [0.2, 0.25) is 20.1 Å². The van der Waals surface area contributed by atoms with Crippen LogP contribution in [0.25, 0.3) is 0 Å². The summed E-state index contributed by atoms with van der Waals surface area (Å²) in [5, 5.41) is 3.60. The maximum atomic E-state index is 14.3. The molecule has 4 aromatic carbocycles. The van der Waals surface area contributed by atoms with Crippen molar-refractivity contribution in [1.82, 2.24) is 10.2 Å². The molecule has 0 saturated heterocycles. The van der Waals surface area contributed by atoms with Gasteiger partial charge in [0.05, 0.1) is 20.6 Å². The zero-order chi connectivity index (χ0) is 31.1. The van der Waals surface area contributed by atoms with Crippen LogP contribution < -0.4 is 9.62 Å². The lowest BCUT2D eigenvalue weighted by Crippen LogP contribution is -2.53. The third-order valence-electron chi connectivity index (χ3n) is 6.60. The molecule has 0 aliphatic carbocycles. The van der Waals surface area contributed by atoms with Gasteiger partial charge >= 0.3 is 0 Å². The van der Waals surface area contributed by atoms with Gasteiger partial charge in [-0.2, -0.15) is 0 Å². The fourth-order valence-corrected chi connectivity index (χ4v) is 6.74. The highest BCUT2D eigenvalue weighted by Crippen LogP contribution is 2.31. The average molecular weight is 679 g/mol. The summed E-state index contributed by atoms with van der Waals surface area (Å²) in [5.74, 6) is -1.08. The fraction of sp³-hybridized carbons (Fsp3) is 0.161. The largest absolute Gasteiger partial charge is 0.357 e. The Hall–Kier alpha value is -3.27. The number of nitrogens with zero attached hydrogens (tertiary/aromatic N) is 2. The lowest BCUT2D eigenvalue weighted by Gasteiger charge is -2.33. The molecular formula is C31H27Cl4N3O4S. The summed E-state index contributed by atoms with van der Waals surface area (Å²) in [5.41, 5.74) is 1.48. The smallest absolute Gasteiger partial charge is 0.264 e. The normalized spacial score (nSPS) is 11.9. The van der Waals surface area contributed by atoms with Crippen molar-refractivity contribution in [2.75, 3.05) is 17.9 Å².